The van der Waals surface area contributed by atoms with Crippen LogP contribution in [0, 0.1) is 10.1 Å². The number of hydrogen-bond donors (Lipinski definition) is 2. The number of nitro groups is 1. The molecule has 0 spiro atoms. The van der Waals surface area contributed by atoms with Gasteiger partial charge in [-0.05, 0) is 11.6 Å². The van der Waals surface area contributed by atoms with Gasteiger partial charge in [0.05, 0.1) is 4.92 Å². The zero-order valence-corrected chi connectivity index (χ0v) is 8.90. The fraction of sp³-hybridized carbons (Fsp3) is 0.250. The Morgan fingerprint density at radius 1 is 1.57 bits per heavy atom. The van der Waals surface area contributed by atoms with E-state index in [9.17, 15) is 10.1 Å². The molecule has 1 aromatic carbocycles. The van der Waals surface area contributed by atoms with Crippen molar-refractivity contribution in [2.24, 2.45) is 11.5 Å². The Bertz CT molecular complexity index is 356. The van der Waals surface area contributed by atoms with Crippen molar-refractivity contribution in [1.82, 2.24) is 0 Å². The van der Waals surface area contributed by atoms with Gasteiger partial charge in [0.15, 0.2) is 0 Å². The molecule has 6 heteroatoms. The van der Waals surface area contributed by atoms with Crippen LogP contribution in [0.25, 0.3) is 0 Å². The predicted molar refractivity (Wildman–Crippen MR) is 56.8 cm³/mol. The highest BCUT2D eigenvalue weighted by Crippen LogP contribution is 2.26. The summed E-state index contributed by atoms with van der Waals surface area (Å²) in [5.74, 6) is 0. The molecule has 0 saturated heterocycles. The summed E-state index contributed by atoms with van der Waals surface area (Å²) >= 11 is 3.22. The number of nitrogens with two attached hydrogens (primary N) is 2. The monoisotopic (exact) mass is 259 g/mol. The van der Waals surface area contributed by atoms with Crippen molar-refractivity contribution in [3.05, 3.63) is 38.3 Å². The third-order valence-corrected chi connectivity index (χ3v) is 2.54. The second kappa shape index (κ2) is 4.50. The van der Waals surface area contributed by atoms with Crippen LogP contribution in [0.15, 0.2) is 22.7 Å². The molecule has 0 radical (unpaired) electrons. The van der Waals surface area contributed by atoms with Gasteiger partial charge in [-0.2, -0.15) is 0 Å². The van der Waals surface area contributed by atoms with E-state index in [1.165, 1.54) is 12.1 Å². The number of nitrogens with zero attached hydrogens (tertiary/aromatic N) is 1. The van der Waals surface area contributed by atoms with Gasteiger partial charge in [-0.25, -0.2) is 0 Å². The predicted octanol–water partition coefficient (Wildman–Crippen LogP) is 1.32. The maximum atomic E-state index is 10.4. The van der Waals surface area contributed by atoms with Crippen LogP contribution in [0.4, 0.5) is 5.69 Å². The lowest BCUT2D eigenvalue weighted by Gasteiger charge is -2.10. The van der Waals surface area contributed by atoms with Gasteiger partial charge in [-0.15, -0.1) is 0 Å². The van der Waals surface area contributed by atoms with Crippen molar-refractivity contribution >= 4 is 21.6 Å². The lowest BCUT2D eigenvalue weighted by atomic mass is 10.1. The number of rotatable bonds is 3. The third-order valence-electron chi connectivity index (χ3n) is 1.85. The first-order valence-electron chi connectivity index (χ1n) is 3.95. The van der Waals surface area contributed by atoms with E-state index >= 15 is 0 Å². The van der Waals surface area contributed by atoms with Gasteiger partial charge in [0.1, 0.15) is 0 Å². The average Bonchev–Trinajstić information content (AvgIpc) is 2.16. The minimum atomic E-state index is -0.456. The molecule has 0 heterocycles. The fourth-order valence-electron chi connectivity index (χ4n) is 1.06. The van der Waals surface area contributed by atoms with E-state index in [0.29, 0.717) is 11.0 Å². The molecule has 1 atom stereocenters. The van der Waals surface area contributed by atoms with Crippen molar-refractivity contribution in [2.45, 2.75) is 6.04 Å². The quantitative estimate of drug-likeness (QED) is 0.632. The van der Waals surface area contributed by atoms with E-state index in [2.05, 4.69) is 15.9 Å². The highest BCUT2D eigenvalue weighted by atomic mass is 79.9. The van der Waals surface area contributed by atoms with Crippen LogP contribution < -0.4 is 11.5 Å². The summed E-state index contributed by atoms with van der Waals surface area (Å²) in [4.78, 5) is 9.98. The number of nitro benzene ring substituents is 1. The van der Waals surface area contributed by atoms with Crippen LogP contribution in [0.5, 0.6) is 0 Å². The largest absolute Gasteiger partial charge is 0.329 e. The highest BCUT2D eigenvalue weighted by Gasteiger charge is 2.12. The van der Waals surface area contributed by atoms with Crippen LogP contribution in [-0.2, 0) is 0 Å². The molecule has 0 fully saturated rings. The van der Waals surface area contributed by atoms with Crippen LogP contribution >= 0.6 is 15.9 Å². The molecule has 0 saturated carbocycles. The van der Waals surface area contributed by atoms with Gasteiger partial charge < -0.3 is 11.5 Å². The van der Waals surface area contributed by atoms with Gasteiger partial charge in [0.2, 0.25) is 0 Å². The summed E-state index contributed by atoms with van der Waals surface area (Å²) in [7, 11) is 0. The van der Waals surface area contributed by atoms with E-state index in [0.717, 1.165) is 5.56 Å². The van der Waals surface area contributed by atoms with Crippen LogP contribution in [-0.4, -0.2) is 11.5 Å². The lowest BCUT2D eigenvalue weighted by molar-refractivity contribution is -0.384. The highest BCUT2D eigenvalue weighted by molar-refractivity contribution is 9.10. The topological polar surface area (TPSA) is 95.2 Å². The molecule has 0 aliphatic rings. The summed E-state index contributed by atoms with van der Waals surface area (Å²) in [5.41, 5.74) is 11.9. The van der Waals surface area contributed by atoms with Crippen molar-refractivity contribution in [3.8, 4) is 0 Å². The summed E-state index contributed by atoms with van der Waals surface area (Å²) < 4.78 is 0.615. The number of non-ortho nitro benzene ring substituents is 1. The third kappa shape index (κ3) is 2.28. The Morgan fingerprint density at radius 2 is 2.21 bits per heavy atom. The maximum absolute atomic E-state index is 10.4. The van der Waals surface area contributed by atoms with Crippen molar-refractivity contribution in [1.29, 1.82) is 0 Å². The summed E-state index contributed by atoms with van der Waals surface area (Å²) in [6, 6.07) is 4.14. The number of benzene rings is 1. The molecule has 14 heavy (non-hydrogen) atoms. The molecule has 0 aliphatic heterocycles. The Labute approximate surface area is 89.4 Å². The molecule has 0 bridgehead atoms. The van der Waals surface area contributed by atoms with Crippen molar-refractivity contribution < 1.29 is 4.92 Å². The van der Waals surface area contributed by atoms with Gasteiger partial charge in [0.25, 0.3) is 5.69 Å². The van der Waals surface area contributed by atoms with Crippen LogP contribution in [0.1, 0.15) is 11.6 Å². The Kier molecular flexibility index (Phi) is 3.56. The second-order valence-corrected chi connectivity index (χ2v) is 3.66. The Balaban J connectivity index is 3.07. The molecule has 0 aliphatic carbocycles. The Morgan fingerprint density at radius 3 is 2.64 bits per heavy atom. The van der Waals surface area contributed by atoms with E-state index in [1.807, 2.05) is 0 Å². The smallest absolute Gasteiger partial charge is 0.270 e. The van der Waals surface area contributed by atoms with Gasteiger partial charge in [0, 0.05) is 29.2 Å². The first-order valence-corrected chi connectivity index (χ1v) is 4.75. The molecule has 76 valence electrons. The Hall–Kier alpha value is -0.980. The van der Waals surface area contributed by atoms with Crippen molar-refractivity contribution in [3.63, 3.8) is 0 Å². The standard InChI is InChI=1S/C8H10BrN3O2/c9-7-3-5(12(13)14)1-2-6(7)8(11)4-10/h1-3,8H,4,10-11H2/t8-/m0/s1. The van der Waals surface area contributed by atoms with E-state index in [4.69, 9.17) is 11.5 Å². The molecule has 0 amide bonds. The molecule has 4 N–H and O–H groups in total. The first-order chi connectivity index (χ1) is 6.56. The molecular formula is C8H10BrN3O2. The molecule has 1 aromatic rings. The zero-order valence-electron chi connectivity index (χ0n) is 7.31. The molecule has 1 rings (SSSR count). The maximum Gasteiger partial charge on any atom is 0.270 e. The first kappa shape index (κ1) is 11.1. The van der Waals surface area contributed by atoms with Gasteiger partial charge in [-0.3, -0.25) is 10.1 Å². The molecule has 5 nitrogen and oxygen atoms in total. The SMILES string of the molecule is NC[C@H](N)c1ccc([N+](=O)[O-])cc1Br. The molecule has 0 unspecified atom stereocenters. The fourth-order valence-corrected chi connectivity index (χ4v) is 1.72. The van der Waals surface area contributed by atoms with E-state index in [1.54, 1.807) is 6.07 Å². The lowest BCUT2D eigenvalue weighted by Crippen LogP contribution is -2.21. The molecule has 0 aromatic heterocycles. The van der Waals surface area contributed by atoms with Crippen LogP contribution in [0.2, 0.25) is 0 Å². The second-order valence-electron chi connectivity index (χ2n) is 2.81. The molecular weight excluding hydrogens is 250 g/mol. The van der Waals surface area contributed by atoms with Gasteiger partial charge >= 0.3 is 0 Å². The summed E-state index contributed by atoms with van der Waals surface area (Å²) in [6.45, 7) is 0.302. The normalized spacial score (nSPS) is 12.5. The number of halogens is 1. The zero-order chi connectivity index (χ0) is 10.7. The number of hydrogen-bond acceptors (Lipinski definition) is 4. The van der Waals surface area contributed by atoms with E-state index < -0.39 is 4.92 Å². The van der Waals surface area contributed by atoms with Crippen molar-refractivity contribution in [2.75, 3.05) is 6.54 Å². The van der Waals surface area contributed by atoms with Gasteiger partial charge in [-0.1, -0.05) is 15.9 Å². The minimum Gasteiger partial charge on any atom is -0.329 e. The van der Waals surface area contributed by atoms with E-state index in [-0.39, 0.29) is 11.7 Å². The minimum absolute atomic E-state index is 0.0323. The average molecular weight is 260 g/mol. The van der Waals surface area contributed by atoms with Crippen LogP contribution in [0.3, 0.4) is 0 Å². The summed E-state index contributed by atoms with van der Waals surface area (Å²) in [6.07, 6.45) is 0. The summed E-state index contributed by atoms with van der Waals surface area (Å²) in [5, 5.41) is 10.4.